The van der Waals surface area contributed by atoms with Crippen LogP contribution in [0.4, 0.5) is 0 Å². The van der Waals surface area contributed by atoms with Crippen LogP contribution in [0.1, 0.15) is 12.8 Å². The van der Waals surface area contributed by atoms with Gasteiger partial charge in [-0.1, -0.05) is 6.58 Å². The highest BCUT2D eigenvalue weighted by molar-refractivity contribution is 5.87. The maximum absolute atomic E-state index is 10.7. The standard InChI is InChI=1S/C7H13NO2/c1-6(4-3-5-8)7(9)10-2/h1,3-5,8H2,2H3. The monoisotopic (exact) mass is 143 g/mol. The molecule has 0 saturated heterocycles. The smallest absolute Gasteiger partial charge is 0.333 e. The van der Waals surface area contributed by atoms with Gasteiger partial charge in [-0.05, 0) is 19.4 Å². The minimum absolute atomic E-state index is 0.339. The molecule has 0 fully saturated rings. The summed E-state index contributed by atoms with van der Waals surface area (Å²) in [6.45, 7) is 4.11. The number of ether oxygens (including phenoxy) is 1. The van der Waals surface area contributed by atoms with Crippen molar-refractivity contribution in [1.29, 1.82) is 0 Å². The molecule has 3 nitrogen and oxygen atoms in total. The van der Waals surface area contributed by atoms with E-state index in [0.717, 1.165) is 6.42 Å². The van der Waals surface area contributed by atoms with Crippen LogP contribution in [0.3, 0.4) is 0 Å². The summed E-state index contributed by atoms with van der Waals surface area (Å²) in [6.07, 6.45) is 1.41. The lowest BCUT2D eigenvalue weighted by molar-refractivity contribution is -0.136. The van der Waals surface area contributed by atoms with Gasteiger partial charge in [0.2, 0.25) is 0 Å². The largest absolute Gasteiger partial charge is 0.466 e. The van der Waals surface area contributed by atoms with Crippen molar-refractivity contribution in [2.24, 2.45) is 5.73 Å². The van der Waals surface area contributed by atoms with Crippen LogP contribution in [0.25, 0.3) is 0 Å². The van der Waals surface area contributed by atoms with Gasteiger partial charge >= 0.3 is 5.97 Å². The zero-order valence-electron chi connectivity index (χ0n) is 6.22. The summed E-state index contributed by atoms with van der Waals surface area (Å²) in [5, 5.41) is 0. The van der Waals surface area contributed by atoms with Gasteiger partial charge in [0, 0.05) is 5.57 Å². The summed E-state index contributed by atoms with van der Waals surface area (Å²) in [7, 11) is 1.34. The molecule has 0 rings (SSSR count). The lowest BCUT2D eigenvalue weighted by atomic mass is 10.2. The van der Waals surface area contributed by atoms with E-state index in [1.165, 1.54) is 7.11 Å². The van der Waals surface area contributed by atoms with E-state index in [9.17, 15) is 4.79 Å². The zero-order chi connectivity index (χ0) is 7.98. The Hall–Kier alpha value is -0.830. The van der Waals surface area contributed by atoms with Crippen LogP contribution in [-0.2, 0) is 9.53 Å². The van der Waals surface area contributed by atoms with E-state index in [-0.39, 0.29) is 5.97 Å². The van der Waals surface area contributed by atoms with E-state index >= 15 is 0 Å². The fourth-order valence-corrected chi connectivity index (χ4v) is 0.562. The van der Waals surface area contributed by atoms with E-state index in [1.54, 1.807) is 0 Å². The van der Waals surface area contributed by atoms with Gasteiger partial charge in [0.05, 0.1) is 7.11 Å². The molecule has 0 heterocycles. The van der Waals surface area contributed by atoms with Gasteiger partial charge in [0.1, 0.15) is 0 Å². The van der Waals surface area contributed by atoms with Crippen molar-refractivity contribution in [3.63, 3.8) is 0 Å². The number of carbonyl (C=O) groups excluding carboxylic acids is 1. The first-order valence-electron chi connectivity index (χ1n) is 3.18. The quantitative estimate of drug-likeness (QED) is 0.459. The fraction of sp³-hybridized carbons (Fsp3) is 0.571. The predicted molar refractivity (Wildman–Crippen MR) is 39.4 cm³/mol. The van der Waals surface area contributed by atoms with Crippen LogP contribution in [-0.4, -0.2) is 19.6 Å². The van der Waals surface area contributed by atoms with Crippen molar-refractivity contribution in [3.8, 4) is 0 Å². The molecule has 0 aromatic carbocycles. The van der Waals surface area contributed by atoms with Gasteiger partial charge in [0.25, 0.3) is 0 Å². The number of rotatable bonds is 4. The Labute approximate surface area is 60.9 Å². The van der Waals surface area contributed by atoms with Gasteiger partial charge in [-0.25, -0.2) is 4.79 Å². The lowest BCUT2D eigenvalue weighted by Gasteiger charge is -2.00. The minimum Gasteiger partial charge on any atom is -0.466 e. The van der Waals surface area contributed by atoms with Crippen molar-refractivity contribution in [2.45, 2.75) is 12.8 Å². The minimum atomic E-state index is -0.339. The molecule has 0 aromatic rings. The zero-order valence-corrected chi connectivity index (χ0v) is 6.22. The molecule has 58 valence electrons. The summed E-state index contributed by atoms with van der Waals surface area (Å²) in [5.74, 6) is -0.339. The maximum atomic E-state index is 10.7. The molecule has 3 heteroatoms. The number of nitrogens with two attached hydrogens (primary N) is 1. The molecule has 0 unspecified atom stereocenters. The Morgan fingerprint density at radius 1 is 1.70 bits per heavy atom. The van der Waals surface area contributed by atoms with Crippen molar-refractivity contribution >= 4 is 5.97 Å². The van der Waals surface area contributed by atoms with Gasteiger partial charge in [-0.3, -0.25) is 0 Å². The van der Waals surface area contributed by atoms with Crippen LogP contribution in [0.15, 0.2) is 12.2 Å². The first-order chi connectivity index (χ1) is 4.72. The van der Waals surface area contributed by atoms with Crippen molar-refractivity contribution in [1.82, 2.24) is 0 Å². The second kappa shape index (κ2) is 4.99. The Bertz CT molecular complexity index is 132. The third kappa shape index (κ3) is 3.25. The van der Waals surface area contributed by atoms with Gasteiger partial charge in [-0.15, -0.1) is 0 Å². The summed E-state index contributed by atoms with van der Waals surface area (Å²) in [4.78, 5) is 10.7. The van der Waals surface area contributed by atoms with E-state index in [2.05, 4.69) is 11.3 Å². The molecule has 0 aromatic heterocycles. The van der Waals surface area contributed by atoms with Gasteiger partial charge in [-0.2, -0.15) is 0 Å². The van der Waals surface area contributed by atoms with Crippen LogP contribution in [0.5, 0.6) is 0 Å². The van der Waals surface area contributed by atoms with Crippen molar-refractivity contribution in [2.75, 3.05) is 13.7 Å². The van der Waals surface area contributed by atoms with Crippen LogP contribution in [0.2, 0.25) is 0 Å². The van der Waals surface area contributed by atoms with Crippen LogP contribution >= 0.6 is 0 Å². The highest BCUT2D eigenvalue weighted by Gasteiger charge is 2.03. The first-order valence-corrected chi connectivity index (χ1v) is 3.18. The Morgan fingerprint density at radius 3 is 2.70 bits per heavy atom. The summed E-state index contributed by atoms with van der Waals surface area (Å²) in [5.41, 5.74) is 5.72. The van der Waals surface area contributed by atoms with E-state index in [1.807, 2.05) is 0 Å². The third-order valence-corrected chi connectivity index (χ3v) is 1.16. The number of esters is 1. The lowest BCUT2D eigenvalue weighted by Crippen LogP contribution is -2.06. The molecule has 0 amide bonds. The normalized spacial score (nSPS) is 9.00. The molecule has 0 aliphatic carbocycles. The topological polar surface area (TPSA) is 52.3 Å². The molecule has 2 N–H and O–H groups in total. The number of methoxy groups -OCH3 is 1. The number of hydrogen-bond donors (Lipinski definition) is 1. The Balaban J connectivity index is 3.52. The molecule has 0 bridgehead atoms. The van der Waals surface area contributed by atoms with Crippen molar-refractivity contribution < 1.29 is 9.53 Å². The molecular formula is C7H13NO2. The second-order valence-electron chi connectivity index (χ2n) is 1.99. The first kappa shape index (κ1) is 9.17. The molecule has 0 spiro atoms. The summed E-state index contributed by atoms with van der Waals surface area (Å²) >= 11 is 0. The van der Waals surface area contributed by atoms with Gasteiger partial charge < -0.3 is 10.5 Å². The van der Waals surface area contributed by atoms with Crippen molar-refractivity contribution in [3.05, 3.63) is 12.2 Å². The molecule has 0 radical (unpaired) electrons. The average molecular weight is 143 g/mol. The fourth-order valence-electron chi connectivity index (χ4n) is 0.562. The summed E-state index contributed by atoms with van der Waals surface area (Å²) < 4.78 is 4.43. The number of hydrogen-bond acceptors (Lipinski definition) is 3. The maximum Gasteiger partial charge on any atom is 0.333 e. The average Bonchev–Trinajstić information content (AvgIpc) is 1.98. The third-order valence-electron chi connectivity index (χ3n) is 1.16. The molecular weight excluding hydrogens is 130 g/mol. The van der Waals surface area contributed by atoms with E-state index < -0.39 is 0 Å². The molecule has 0 aliphatic heterocycles. The highest BCUT2D eigenvalue weighted by Crippen LogP contribution is 2.02. The summed E-state index contributed by atoms with van der Waals surface area (Å²) in [6, 6.07) is 0. The Kier molecular flexibility index (Phi) is 4.58. The molecule has 10 heavy (non-hydrogen) atoms. The second-order valence-corrected chi connectivity index (χ2v) is 1.99. The van der Waals surface area contributed by atoms with E-state index in [4.69, 9.17) is 5.73 Å². The van der Waals surface area contributed by atoms with Gasteiger partial charge in [0.15, 0.2) is 0 Å². The number of carbonyl (C=O) groups is 1. The van der Waals surface area contributed by atoms with Crippen LogP contribution in [0, 0.1) is 0 Å². The molecule has 0 aliphatic rings. The Morgan fingerprint density at radius 2 is 2.30 bits per heavy atom. The predicted octanol–water partition coefficient (Wildman–Crippen LogP) is 0.455. The van der Waals surface area contributed by atoms with E-state index in [0.29, 0.717) is 18.5 Å². The highest BCUT2D eigenvalue weighted by atomic mass is 16.5. The van der Waals surface area contributed by atoms with Crippen LogP contribution < -0.4 is 5.73 Å². The SMILES string of the molecule is C=C(CCCN)C(=O)OC. The molecule has 0 atom stereocenters. The molecule has 0 saturated carbocycles.